The number of nitrogens with zero attached hydrogens (tertiary/aromatic N) is 7. The van der Waals surface area contributed by atoms with E-state index in [1.165, 1.54) is 18.4 Å². The number of carbonyl (C=O) groups excluding carboxylic acids is 1. The van der Waals surface area contributed by atoms with Crippen LogP contribution in [0.25, 0.3) is 5.95 Å². The third-order valence-electron chi connectivity index (χ3n) is 6.28. The number of imidazole rings is 1. The first-order valence-electron chi connectivity index (χ1n) is 11.8. The minimum atomic E-state index is -3.68. The Balaban J connectivity index is 1.36. The van der Waals surface area contributed by atoms with E-state index < -0.39 is 16.3 Å². The van der Waals surface area contributed by atoms with E-state index in [4.69, 9.17) is 21.1 Å². The van der Waals surface area contributed by atoms with Gasteiger partial charge in [-0.1, -0.05) is 17.7 Å². The van der Waals surface area contributed by atoms with Crippen molar-refractivity contribution in [3.05, 3.63) is 53.7 Å². The summed E-state index contributed by atoms with van der Waals surface area (Å²) in [6, 6.07) is 6.58. The molecule has 1 aromatic carbocycles. The third kappa shape index (κ3) is 5.53. The Hall–Kier alpha value is -3.46. The highest BCUT2D eigenvalue weighted by Gasteiger charge is 2.36. The maximum atomic E-state index is 13.1. The molecule has 1 saturated heterocycles. The number of halogens is 1. The fourth-order valence-electron chi connectivity index (χ4n) is 4.32. The number of rotatable bonds is 8. The van der Waals surface area contributed by atoms with Crippen LogP contribution in [0.5, 0.6) is 11.5 Å². The van der Waals surface area contributed by atoms with Gasteiger partial charge in [-0.3, -0.25) is 9.36 Å². The molecule has 0 radical (unpaired) electrons. The number of piperazine rings is 1. The number of hydrogen-bond acceptors (Lipinski definition) is 9. The zero-order valence-corrected chi connectivity index (χ0v) is 22.4. The summed E-state index contributed by atoms with van der Waals surface area (Å²) in [5, 5.41) is 3.14. The molecule has 1 N–H and O–H groups in total. The van der Waals surface area contributed by atoms with Gasteiger partial charge >= 0.3 is 0 Å². The lowest BCUT2D eigenvalue weighted by Crippen LogP contribution is -2.58. The normalized spacial score (nSPS) is 17.7. The molecule has 1 fully saturated rings. The number of anilines is 1. The molecule has 4 heterocycles. The predicted molar refractivity (Wildman–Crippen MR) is 139 cm³/mol. The van der Waals surface area contributed by atoms with Gasteiger partial charge in [-0.2, -0.15) is 22.0 Å². The monoisotopic (exact) mass is 562 g/mol. The van der Waals surface area contributed by atoms with Gasteiger partial charge in [0.25, 0.3) is 10.2 Å². The number of benzene rings is 1. The minimum Gasteiger partial charge on any atom is -0.454 e. The maximum absolute atomic E-state index is 13.1. The number of hydrogen-bond donors (Lipinski definition) is 1. The molecule has 2 aromatic heterocycles. The molecule has 0 bridgehead atoms. The Bertz CT molecular complexity index is 1420. The van der Waals surface area contributed by atoms with Crippen molar-refractivity contribution in [3.63, 3.8) is 0 Å². The van der Waals surface area contributed by atoms with Crippen molar-refractivity contribution in [3.8, 4) is 17.4 Å². The number of carbonyl (C=O) groups is 1. The maximum Gasteiger partial charge on any atom is 0.281 e. The number of amides is 1. The topological polar surface area (TPSA) is 135 Å². The van der Waals surface area contributed by atoms with Gasteiger partial charge in [-0.05, 0) is 17.7 Å². The Morgan fingerprint density at radius 2 is 2.00 bits per heavy atom. The van der Waals surface area contributed by atoms with Crippen molar-refractivity contribution in [2.75, 3.05) is 45.4 Å². The molecule has 3 aromatic rings. The van der Waals surface area contributed by atoms with Crippen molar-refractivity contribution < 1.29 is 22.7 Å². The van der Waals surface area contributed by atoms with Gasteiger partial charge in [0.2, 0.25) is 18.6 Å². The second-order valence-corrected chi connectivity index (χ2v) is 11.5. The summed E-state index contributed by atoms with van der Waals surface area (Å²) in [6.45, 7) is 1.08. The number of ether oxygens (including phenoxy) is 2. The molecule has 0 aliphatic carbocycles. The summed E-state index contributed by atoms with van der Waals surface area (Å²) in [7, 11) is -0.711. The van der Waals surface area contributed by atoms with Gasteiger partial charge in [0.15, 0.2) is 11.5 Å². The van der Waals surface area contributed by atoms with Crippen LogP contribution in [0.1, 0.15) is 12.0 Å². The molecule has 5 rings (SSSR count). The van der Waals surface area contributed by atoms with Gasteiger partial charge in [0.1, 0.15) is 17.3 Å². The second kappa shape index (κ2) is 10.7. The van der Waals surface area contributed by atoms with Crippen LogP contribution in [0, 0.1) is 0 Å². The SMILES string of the molecule is CN(C)S(=O)(=O)N1CCN(c2cc(Cl)nc(-n3ccnc3)n2)C(CC(=O)NCc2ccc3c(c2)OCO3)C1. The molecule has 2 aliphatic rings. The van der Waals surface area contributed by atoms with Crippen molar-refractivity contribution in [2.24, 2.45) is 0 Å². The van der Waals surface area contributed by atoms with Crippen LogP contribution in [0.3, 0.4) is 0 Å². The van der Waals surface area contributed by atoms with Crippen LogP contribution in [0.2, 0.25) is 5.15 Å². The predicted octanol–water partition coefficient (Wildman–Crippen LogP) is 1.05. The zero-order chi connectivity index (χ0) is 26.9. The van der Waals surface area contributed by atoms with E-state index >= 15 is 0 Å². The van der Waals surface area contributed by atoms with Crippen LogP contribution >= 0.6 is 11.6 Å². The first-order chi connectivity index (χ1) is 18.2. The van der Waals surface area contributed by atoms with Crippen LogP contribution < -0.4 is 19.7 Å². The second-order valence-electron chi connectivity index (χ2n) is 8.98. The highest BCUT2D eigenvalue weighted by atomic mass is 35.5. The van der Waals surface area contributed by atoms with Gasteiger partial charge in [0, 0.05) is 65.2 Å². The Kier molecular flexibility index (Phi) is 7.38. The van der Waals surface area contributed by atoms with Crippen molar-refractivity contribution in [1.82, 2.24) is 33.4 Å². The van der Waals surface area contributed by atoms with Crippen LogP contribution in [0.15, 0.2) is 43.0 Å². The highest BCUT2D eigenvalue weighted by molar-refractivity contribution is 7.86. The average molecular weight is 563 g/mol. The van der Waals surface area contributed by atoms with Gasteiger partial charge in [-0.25, -0.2) is 9.97 Å². The van der Waals surface area contributed by atoms with Crippen molar-refractivity contribution in [1.29, 1.82) is 0 Å². The van der Waals surface area contributed by atoms with Gasteiger partial charge < -0.3 is 19.7 Å². The van der Waals surface area contributed by atoms with Gasteiger partial charge in [-0.15, -0.1) is 0 Å². The first kappa shape index (κ1) is 26.2. The summed E-state index contributed by atoms with van der Waals surface area (Å²) < 4.78 is 40.7. The lowest BCUT2D eigenvalue weighted by atomic mass is 10.1. The molecule has 1 unspecified atom stereocenters. The molecule has 1 atom stereocenters. The molecule has 13 nitrogen and oxygen atoms in total. The number of fused-ring (bicyclic) bond motifs is 1. The Morgan fingerprint density at radius 3 is 2.76 bits per heavy atom. The summed E-state index contributed by atoms with van der Waals surface area (Å²) in [5.41, 5.74) is 0.854. The number of aromatic nitrogens is 4. The highest BCUT2D eigenvalue weighted by Crippen LogP contribution is 2.32. The van der Waals surface area contributed by atoms with Crippen molar-refractivity contribution >= 4 is 33.5 Å². The van der Waals surface area contributed by atoms with Gasteiger partial charge in [0.05, 0.1) is 6.04 Å². The molecular formula is C23H27ClN8O5S. The fourth-order valence-corrected chi connectivity index (χ4v) is 5.62. The van der Waals surface area contributed by atoms with Crippen LogP contribution in [-0.2, 0) is 21.5 Å². The summed E-state index contributed by atoms with van der Waals surface area (Å²) in [5.74, 6) is 1.87. The molecule has 2 aliphatic heterocycles. The average Bonchev–Trinajstić information content (AvgIpc) is 3.59. The molecule has 0 saturated carbocycles. The Morgan fingerprint density at radius 1 is 1.18 bits per heavy atom. The van der Waals surface area contributed by atoms with E-state index in [0.29, 0.717) is 29.8 Å². The van der Waals surface area contributed by atoms with Crippen LogP contribution in [0.4, 0.5) is 5.82 Å². The van der Waals surface area contributed by atoms with E-state index in [1.54, 1.807) is 35.4 Å². The minimum absolute atomic E-state index is 0.0338. The molecule has 38 heavy (non-hydrogen) atoms. The largest absolute Gasteiger partial charge is 0.454 e. The molecule has 0 spiro atoms. The van der Waals surface area contributed by atoms with E-state index in [2.05, 4.69) is 20.3 Å². The Labute approximate surface area is 225 Å². The standard InChI is InChI=1S/C23H27ClN8O5S/c1-29(2)38(34,35)31-7-8-32(21-11-20(24)27-23(28-21)30-6-5-25-14-30)17(13-31)10-22(33)26-12-16-3-4-18-19(9-16)37-15-36-18/h3-6,9,11,14,17H,7-8,10,12-13,15H2,1-2H3,(H,26,33). The van der Waals surface area contributed by atoms with E-state index in [-0.39, 0.29) is 43.9 Å². The van der Waals surface area contributed by atoms with Crippen LogP contribution in [-0.4, -0.2) is 89.0 Å². The first-order valence-corrected chi connectivity index (χ1v) is 13.6. The molecule has 1 amide bonds. The zero-order valence-electron chi connectivity index (χ0n) is 20.8. The quantitative estimate of drug-likeness (QED) is 0.400. The lowest BCUT2D eigenvalue weighted by molar-refractivity contribution is -0.121. The summed E-state index contributed by atoms with van der Waals surface area (Å²) in [6.07, 6.45) is 4.88. The lowest BCUT2D eigenvalue weighted by Gasteiger charge is -2.41. The van der Waals surface area contributed by atoms with E-state index in [0.717, 1.165) is 9.87 Å². The van der Waals surface area contributed by atoms with Crippen molar-refractivity contribution in [2.45, 2.75) is 19.0 Å². The number of nitrogens with one attached hydrogen (secondary N) is 1. The van der Waals surface area contributed by atoms with E-state index in [9.17, 15) is 13.2 Å². The summed E-state index contributed by atoms with van der Waals surface area (Å²) in [4.78, 5) is 27.9. The molecule has 202 valence electrons. The molecular weight excluding hydrogens is 536 g/mol. The van der Waals surface area contributed by atoms with E-state index in [1.807, 2.05) is 17.0 Å². The fraction of sp³-hybridized carbons (Fsp3) is 0.391. The molecule has 15 heteroatoms. The summed E-state index contributed by atoms with van der Waals surface area (Å²) >= 11 is 6.32. The smallest absolute Gasteiger partial charge is 0.281 e. The third-order valence-corrected chi connectivity index (χ3v) is 8.38.